The van der Waals surface area contributed by atoms with Gasteiger partial charge in [-0.2, -0.15) is 11.8 Å². The molecule has 0 aromatic rings. The summed E-state index contributed by atoms with van der Waals surface area (Å²) in [7, 11) is 0. The fourth-order valence-corrected chi connectivity index (χ4v) is 1.19. The van der Waals surface area contributed by atoms with E-state index in [1.165, 1.54) is 6.92 Å². The molecule has 0 unspecified atom stereocenters. The number of hydrogen-bond donors (Lipinski definition) is 2. The Morgan fingerprint density at radius 3 is 2.46 bits per heavy atom. The van der Waals surface area contributed by atoms with Crippen molar-refractivity contribution in [1.82, 2.24) is 5.01 Å². The van der Waals surface area contributed by atoms with Crippen LogP contribution in [-0.4, -0.2) is 34.9 Å². The number of hydrazine groups is 1. The number of nitrogens with zero attached hydrogens (tertiary/aromatic N) is 1. The fraction of sp³-hybridized carbons (Fsp3) is 0.714. The number of carbonyl (C=O) groups is 2. The monoisotopic (exact) mass is 205 g/mol. The lowest BCUT2D eigenvalue weighted by Gasteiger charge is -2.16. The lowest BCUT2D eigenvalue weighted by Crippen LogP contribution is -2.49. The highest BCUT2D eigenvalue weighted by Gasteiger charge is 2.20. The van der Waals surface area contributed by atoms with E-state index < -0.39 is 17.9 Å². The van der Waals surface area contributed by atoms with E-state index in [-0.39, 0.29) is 0 Å². The van der Waals surface area contributed by atoms with Gasteiger partial charge in [0.15, 0.2) is 0 Å². The number of hydrogen-bond acceptors (Lipinski definition) is 5. The number of thioether (sulfide) groups is 1. The number of nitrogens with two attached hydrogens (primary N) is 2. The summed E-state index contributed by atoms with van der Waals surface area (Å²) in [5.41, 5.74) is 5.51. The lowest BCUT2D eigenvalue weighted by molar-refractivity contribution is -0.144. The zero-order valence-corrected chi connectivity index (χ0v) is 8.63. The normalized spacial score (nSPS) is 12.3. The van der Waals surface area contributed by atoms with E-state index in [1.54, 1.807) is 11.8 Å². The summed E-state index contributed by atoms with van der Waals surface area (Å²) in [4.78, 5) is 21.9. The predicted molar refractivity (Wildman–Crippen MR) is 52.7 cm³/mol. The summed E-state index contributed by atoms with van der Waals surface area (Å²) in [5, 5.41) is 0.561. The first kappa shape index (κ1) is 12.4. The van der Waals surface area contributed by atoms with Crippen molar-refractivity contribution in [3.63, 3.8) is 0 Å². The zero-order chi connectivity index (χ0) is 10.4. The van der Waals surface area contributed by atoms with Crippen molar-refractivity contribution in [2.24, 2.45) is 11.6 Å². The molecule has 0 aliphatic heterocycles. The van der Waals surface area contributed by atoms with E-state index in [4.69, 9.17) is 11.6 Å². The van der Waals surface area contributed by atoms with E-state index in [9.17, 15) is 9.59 Å². The van der Waals surface area contributed by atoms with Crippen LogP contribution < -0.4 is 11.6 Å². The van der Waals surface area contributed by atoms with Crippen LogP contribution in [0.4, 0.5) is 0 Å². The third-order valence-electron chi connectivity index (χ3n) is 1.53. The minimum absolute atomic E-state index is 0.496. The highest BCUT2D eigenvalue weighted by molar-refractivity contribution is 7.98. The molecule has 0 bridgehead atoms. The molecule has 6 heteroatoms. The number of amides is 2. The Morgan fingerprint density at radius 1 is 1.54 bits per heavy atom. The van der Waals surface area contributed by atoms with Gasteiger partial charge in [-0.25, -0.2) is 10.9 Å². The Bertz CT molecular complexity index is 198. The van der Waals surface area contributed by atoms with Crippen molar-refractivity contribution in [2.45, 2.75) is 19.4 Å². The lowest BCUT2D eigenvalue weighted by atomic mass is 10.2. The molecular weight excluding hydrogens is 190 g/mol. The van der Waals surface area contributed by atoms with Crippen LogP contribution in [0.25, 0.3) is 0 Å². The molecule has 0 saturated heterocycles. The van der Waals surface area contributed by atoms with Crippen molar-refractivity contribution in [1.29, 1.82) is 0 Å². The average molecular weight is 205 g/mol. The smallest absolute Gasteiger partial charge is 0.260 e. The Hall–Kier alpha value is -0.590. The molecular formula is C7H15N3O2S. The minimum Gasteiger partial charge on any atom is -0.320 e. The molecule has 0 fully saturated rings. The standard InChI is InChI=1S/C7H15N3O2S/c1-5(11)10(9)7(12)6(8)3-4-13-2/h6H,3-4,8-9H2,1-2H3/t6-/m1/s1. The van der Waals surface area contributed by atoms with Crippen molar-refractivity contribution in [2.75, 3.05) is 12.0 Å². The van der Waals surface area contributed by atoms with Crippen LogP contribution in [0.15, 0.2) is 0 Å². The maximum absolute atomic E-state index is 11.2. The summed E-state index contributed by atoms with van der Waals surface area (Å²) in [5.74, 6) is 4.93. The first-order valence-electron chi connectivity index (χ1n) is 3.84. The van der Waals surface area contributed by atoms with Crippen molar-refractivity contribution < 1.29 is 9.59 Å². The summed E-state index contributed by atoms with van der Waals surface area (Å²) in [6.45, 7) is 1.22. The van der Waals surface area contributed by atoms with Gasteiger partial charge in [0.2, 0.25) is 5.91 Å². The van der Waals surface area contributed by atoms with Gasteiger partial charge in [0, 0.05) is 6.92 Å². The van der Waals surface area contributed by atoms with Crippen molar-refractivity contribution in [3.8, 4) is 0 Å². The first-order chi connectivity index (χ1) is 6.00. The Balaban J connectivity index is 4.01. The fourth-order valence-electron chi connectivity index (χ4n) is 0.702. The molecule has 13 heavy (non-hydrogen) atoms. The van der Waals surface area contributed by atoms with Crippen LogP contribution in [0.2, 0.25) is 0 Å². The molecule has 0 aromatic heterocycles. The van der Waals surface area contributed by atoms with Crippen LogP contribution >= 0.6 is 11.8 Å². The molecule has 0 aliphatic carbocycles. The van der Waals surface area contributed by atoms with Gasteiger partial charge in [-0.05, 0) is 18.4 Å². The SMILES string of the molecule is CSCC[C@@H](N)C(=O)N(N)C(C)=O. The quantitative estimate of drug-likeness (QED) is 0.360. The highest BCUT2D eigenvalue weighted by atomic mass is 32.2. The maximum Gasteiger partial charge on any atom is 0.260 e. The second kappa shape index (κ2) is 5.95. The van der Waals surface area contributed by atoms with Crippen molar-refractivity contribution >= 4 is 23.6 Å². The predicted octanol–water partition coefficient (Wildman–Crippen LogP) is -0.684. The van der Waals surface area contributed by atoms with Crippen LogP contribution in [0.5, 0.6) is 0 Å². The topological polar surface area (TPSA) is 89.4 Å². The van der Waals surface area contributed by atoms with Crippen molar-refractivity contribution in [3.05, 3.63) is 0 Å². The Kier molecular flexibility index (Phi) is 5.68. The number of carbonyl (C=O) groups excluding carboxylic acids is 2. The van der Waals surface area contributed by atoms with E-state index >= 15 is 0 Å². The third kappa shape index (κ3) is 4.25. The van der Waals surface area contributed by atoms with E-state index in [2.05, 4.69) is 0 Å². The molecule has 0 heterocycles. The number of imide groups is 1. The van der Waals surface area contributed by atoms with Gasteiger partial charge in [-0.1, -0.05) is 0 Å². The molecule has 0 saturated carbocycles. The molecule has 0 rings (SSSR count). The molecule has 0 aromatic carbocycles. The molecule has 76 valence electrons. The second-order valence-corrected chi connectivity index (χ2v) is 3.60. The summed E-state index contributed by atoms with van der Waals surface area (Å²) in [6.07, 6.45) is 2.45. The molecule has 0 spiro atoms. The van der Waals surface area contributed by atoms with Gasteiger partial charge in [-0.3, -0.25) is 9.59 Å². The Morgan fingerprint density at radius 2 is 2.08 bits per heavy atom. The summed E-state index contributed by atoms with van der Waals surface area (Å²) < 4.78 is 0. The van der Waals surface area contributed by atoms with Crippen LogP contribution in [0.3, 0.4) is 0 Å². The maximum atomic E-state index is 11.2. The van der Waals surface area contributed by atoms with Gasteiger partial charge in [0.1, 0.15) is 0 Å². The van der Waals surface area contributed by atoms with E-state index in [0.29, 0.717) is 11.4 Å². The zero-order valence-electron chi connectivity index (χ0n) is 7.82. The van der Waals surface area contributed by atoms with Crippen LogP contribution in [-0.2, 0) is 9.59 Å². The first-order valence-corrected chi connectivity index (χ1v) is 5.23. The average Bonchev–Trinajstić information content (AvgIpc) is 2.11. The summed E-state index contributed by atoms with van der Waals surface area (Å²) in [6, 6.07) is -0.679. The Labute approximate surface area is 81.8 Å². The van der Waals surface area contributed by atoms with Gasteiger partial charge in [0.05, 0.1) is 6.04 Å². The molecule has 1 atom stereocenters. The molecule has 0 radical (unpaired) electrons. The van der Waals surface area contributed by atoms with Gasteiger partial charge in [-0.15, -0.1) is 0 Å². The molecule has 5 nitrogen and oxygen atoms in total. The largest absolute Gasteiger partial charge is 0.320 e. The highest BCUT2D eigenvalue weighted by Crippen LogP contribution is 2.00. The minimum atomic E-state index is -0.679. The van der Waals surface area contributed by atoms with Gasteiger partial charge < -0.3 is 5.73 Å². The van der Waals surface area contributed by atoms with Crippen LogP contribution in [0, 0.1) is 0 Å². The van der Waals surface area contributed by atoms with E-state index in [1.807, 2.05) is 6.26 Å². The number of rotatable bonds is 4. The van der Waals surface area contributed by atoms with Gasteiger partial charge in [0.25, 0.3) is 5.91 Å². The van der Waals surface area contributed by atoms with Gasteiger partial charge >= 0.3 is 0 Å². The second-order valence-electron chi connectivity index (χ2n) is 2.62. The molecule has 0 aliphatic rings. The molecule has 4 N–H and O–H groups in total. The molecule has 2 amide bonds. The van der Waals surface area contributed by atoms with Crippen LogP contribution in [0.1, 0.15) is 13.3 Å². The van der Waals surface area contributed by atoms with E-state index in [0.717, 1.165) is 5.75 Å². The summed E-state index contributed by atoms with van der Waals surface area (Å²) >= 11 is 1.59. The third-order valence-corrected chi connectivity index (χ3v) is 2.17.